The van der Waals surface area contributed by atoms with Gasteiger partial charge in [0, 0.05) is 23.9 Å². The number of morpholine rings is 1. The summed E-state index contributed by atoms with van der Waals surface area (Å²) in [6.07, 6.45) is 0.294. The number of amides is 1. The number of ether oxygens (including phenoxy) is 2. The van der Waals surface area contributed by atoms with Crippen molar-refractivity contribution in [2.45, 2.75) is 30.6 Å². The number of para-hydroxylation sites is 1. The molecule has 2 fully saturated rings. The van der Waals surface area contributed by atoms with Crippen molar-refractivity contribution < 1.29 is 27.8 Å². The molecule has 0 unspecified atom stereocenters. The van der Waals surface area contributed by atoms with Crippen LogP contribution in [0, 0.1) is 0 Å². The Balaban J connectivity index is 1.44. The maximum Gasteiger partial charge on any atom is 0.417 e. The smallest absolute Gasteiger partial charge is 0.410 e. The molecule has 1 atom stereocenters. The van der Waals surface area contributed by atoms with Crippen LogP contribution in [0.3, 0.4) is 0 Å². The molecule has 10 nitrogen and oxygen atoms in total. The summed E-state index contributed by atoms with van der Waals surface area (Å²) in [4.78, 5) is 23.9. The summed E-state index contributed by atoms with van der Waals surface area (Å²) in [5, 5.41) is 12.1. The van der Waals surface area contributed by atoms with Crippen molar-refractivity contribution in [2.24, 2.45) is 0 Å². The molecular formula is C27H30N4O6S. The first kappa shape index (κ1) is 26.1. The Hall–Kier alpha value is -3.54. The van der Waals surface area contributed by atoms with Crippen LogP contribution in [-0.4, -0.2) is 67.7 Å². The molecule has 0 spiro atoms. The lowest BCUT2D eigenvalue weighted by atomic mass is 10.1. The Kier molecular flexibility index (Phi) is 7.33. The lowest BCUT2D eigenvalue weighted by molar-refractivity contribution is 0.0985. The predicted octanol–water partition coefficient (Wildman–Crippen LogP) is 3.38. The van der Waals surface area contributed by atoms with Crippen LogP contribution in [0.25, 0.3) is 11.4 Å². The Morgan fingerprint density at radius 1 is 1.16 bits per heavy atom. The van der Waals surface area contributed by atoms with E-state index in [-0.39, 0.29) is 11.8 Å². The second-order valence-corrected chi connectivity index (χ2v) is 11.9. The number of aliphatic hydroxyl groups is 1. The van der Waals surface area contributed by atoms with Gasteiger partial charge in [0.15, 0.2) is 15.7 Å². The van der Waals surface area contributed by atoms with E-state index in [0.29, 0.717) is 66.9 Å². The van der Waals surface area contributed by atoms with E-state index < -0.39 is 27.3 Å². The molecule has 2 aromatic carbocycles. The molecule has 0 bridgehead atoms. The SMILES string of the molecule is C[C@H]1COCCN1c1cc(C2(S(=O)(=O)CCO)CC2)nc(-c2ccc(NC(=O)Oc3ccccc3)cc2)n1. The summed E-state index contributed by atoms with van der Waals surface area (Å²) in [5.74, 6) is 1.15. The number of aromatic nitrogens is 2. The van der Waals surface area contributed by atoms with Gasteiger partial charge in [-0.2, -0.15) is 0 Å². The number of nitrogens with one attached hydrogen (secondary N) is 1. The molecule has 1 aromatic heterocycles. The van der Waals surface area contributed by atoms with Crippen LogP contribution in [0.15, 0.2) is 60.7 Å². The number of hydrogen-bond acceptors (Lipinski definition) is 9. The van der Waals surface area contributed by atoms with Gasteiger partial charge in [0.25, 0.3) is 0 Å². The van der Waals surface area contributed by atoms with E-state index in [0.717, 1.165) is 0 Å². The van der Waals surface area contributed by atoms with Crippen LogP contribution >= 0.6 is 0 Å². The third kappa shape index (κ3) is 5.35. The first-order chi connectivity index (χ1) is 18.3. The molecule has 2 heterocycles. The molecule has 5 rings (SSSR count). The van der Waals surface area contributed by atoms with Gasteiger partial charge in [-0.1, -0.05) is 18.2 Å². The number of carbonyl (C=O) groups is 1. The molecule has 1 amide bonds. The predicted molar refractivity (Wildman–Crippen MR) is 143 cm³/mol. The number of benzene rings is 2. The van der Waals surface area contributed by atoms with Crippen molar-refractivity contribution >= 4 is 27.4 Å². The first-order valence-electron chi connectivity index (χ1n) is 12.5. The molecule has 11 heteroatoms. The number of aliphatic hydroxyl groups excluding tert-OH is 1. The highest BCUT2D eigenvalue weighted by Gasteiger charge is 2.57. The van der Waals surface area contributed by atoms with Gasteiger partial charge < -0.3 is 19.5 Å². The minimum Gasteiger partial charge on any atom is -0.410 e. The Labute approximate surface area is 221 Å². The minimum absolute atomic E-state index is 0.0609. The van der Waals surface area contributed by atoms with E-state index >= 15 is 0 Å². The van der Waals surface area contributed by atoms with E-state index in [9.17, 15) is 18.3 Å². The van der Waals surface area contributed by atoms with Crippen LogP contribution in [0.1, 0.15) is 25.5 Å². The van der Waals surface area contributed by atoms with E-state index in [4.69, 9.17) is 19.4 Å². The zero-order valence-corrected chi connectivity index (χ0v) is 21.9. The maximum atomic E-state index is 13.1. The second-order valence-electron chi connectivity index (χ2n) is 9.49. The average Bonchev–Trinajstić information content (AvgIpc) is 3.73. The van der Waals surface area contributed by atoms with E-state index in [2.05, 4.69) is 10.2 Å². The molecule has 2 aliphatic rings. The first-order valence-corrected chi connectivity index (χ1v) is 14.2. The molecule has 3 aromatic rings. The summed E-state index contributed by atoms with van der Waals surface area (Å²) in [6.45, 7) is 3.32. The number of rotatable bonds is 8. The minimum atomic E-state index is -3.60. The molecule has 1 aliphatic heterocycles. The number of hydrogen-bond donors (Lipinski definition) is 2. The van der Waals surface area contributed by atoms with Crippen molar-refractivity contribution in [3.05, 3.63) is 66.4 Å². The van der Waals surface area contributed by atoms with Gasteiger partial charge >= 0.3 is 6.09 Å². The summed E-state index contributed by atoms with van der Waals surface area (Å²) in [5.41, 5.74) is 1.64. The molecule has 200 valence electrons. The average molecular weight is 539 g/mol. The molecule has 1 saturated heterocycles. The second kappa shape index (κ2) is 10.7. The van der Waals surface area contributed by atoms with Gasteiger partial charge in [-0.15, -0.1) is 0 Å². The number of anilines is 2. The summed E-state index contributed by atoms with van der Waals surface area (Å²) in [6, 6.07) is 17.6. The van der Waals surface area contributed by atoms with E-state index in [1.807, 2.05) is 13.0 Å². The zero-order chi connectivity index (χ0) is 26.8. The topological polar surface area (TPSA) is 131 Å². The van der Waals surface area contributed by atoms with Crippen molar-refractivity contribution in [3.63, 3.8) is 0 Å². The highest BCUT2D eigenvalue weighted by molar-refractivity contribution is 7.92. The normalized spacial score (nSPS) is 18.6. The van der Waals surface area contributed by atoms with Crippen LogP contribution in [0.5, 0.6) is 5.75 Å². The lowest BCUT2D eigenvalue weighted by Crippen LogP contribution is -2.44. The molecule has 2 N–H and O–H groups in total. The van der Waals surface area contributed by atoms with Gasteiger partial charge in [0.05, 0.1) is 37.3 Å². The molecule has 38 heavy (non-hydrogen) atoms. The molecule has 1 aliphatic carbocycles. The van der Waals surface area contributed by atoms with E-state index in [1.165, 1.54) is 0 Å². The van der Waals surface area contributed by atoms with Gasteiger partial charge in [-0.3, -0.25) is 5.32 Å². The Morgan fingerprint density at radius 2 is 1.89 bits per heavy atom. The lowest BCUT2D eigenvalue weighted by Gasteiger charge is -2.34. The molecule has 0 radical (unpaired) electrons. The van der Waals surface area contributed by atoms with Crippen LogP contribution in [-0.2, 0) is 19.3 Å². The fourth-order valence-electron chi connectivity index (χ4n) is 4.61. The van der Waals surface area contributed by atoms with Crippen molar-refractivity contribution in [1.29, 1.82) is 0 Å². The summed E-state index contributed by atoms with van der Waals surface area (Å²) >= 11 is 0. The summed E-state index contributed by atoms with van der Waals surface area (Å²) in [7, 11) is -3.60. The van der Waals surface area contributed by atoms with Gasteiger partial charge in [0.2, 0.25) is 0 Å². The molecular weight excluding hydrogens is 508 g/mol. The van der Waals surface area contributed by atoms with E-state index in [1.54, 1.807) is 54.6 Å². The number of nitrogens with zero attached hydrogens (tertiary/aromatic N) is 3. The highest BCUT2D eigenvalue weighted by atomic mass is 32.2. The Morgan fingerprint density at radius 3 is 2.55 bits per heavy atom. The van der Waals surface area contributed by atoms with Gasteiger partial charge in [0.1, 0.15) is 16.3 Å². The zero-order valence-electron chi connectivity index (χ0n) is 21.0. The fourth-order valence-corrected chi connectivity index (χ4v) is 6.39. The van der Waals surface area contributed by atoms with Gasteiger partial charge in [-0.25, -0.2) is 23.2 Å². The van der Waals surface area contributed by atoms with Crippen molar-refractivity contribution in [3.8, 4) is 17.1 Å². The third-order valence-corrected chi connectivity index (χ3v) is 9.37. The Bertz CT molecular complexity index is 1390. The number of carbonyl (C=O) groups excluding carboxylic acids is 1. The largest absolute Gasteiger partial charge is 0.417 e. The van der Waals surface area contributed by atoms with Crippen LogP contribution in [0.2, 0.25) is 0 Å². The molecule has 1 saturated carbocycles. The maximum absolute atomic E-state index is 13.1. The van der Waals surface area contributed by atoms with Crippen LogP contribution < -0.4 is 15.0 Å². The van der Waals surface area contributed by atoms with Crippen LogP contribution in [0.4, 0.5) is 16.3 Å². The quantitative estimate of drug-likeness (QED) is 0.443. The highest BCUT2D eigenvalue weighted by Crippen LogP contribution is 2.53. The third-order valence-electron chi connectivity index (χ3n) is 6.84. The van der Waals surface area contributed by atoms with Crippen molar-refractivity contribution in [2.75, 3.05) is 42.3 Å². The monoisotopic (exact) mass is 538 g/mol. The standard InChI is InChI=1S/C27H30N4O6S/c1-19-18-36-15-13-31(19)24-17-23(27(11-12-27)38(34,35)16-14-32)29-25(30-24)20-7-9-21(10-8-20)28-26(33)37-22-5-3-2-4-6-22/h2-10,17,19,32H,11-16,18H2,1H3,(H,28,33)/t19-/m0/s1. The van der Waals surface area contributed by atoms with Gasteiger partial charge in [-0.05, 0) is 56.2 Å². The summed E-state index contributed by atoms with van der Waals surface area (Å²) < 4.78 is 35.9. The fraction of sp³-hybridized carbons (Fsp3) is 0.370. The number of sulfone groups is 1. The van der Waals surface area contributed by atoms with Crippen molar-refractivity contribution in [1.82, 2.24) is 9.97 Å².